The molecule has 0 radical (unpaired) electrons. The third-order valence-corrected chi connectivity index (χ3v) is 2.42. The molecule has 0 aromatic rings. The average molecular weight is 228 g/mol. The molecular weight excluding hydrogens is 212 g/mol. The first kappa shape index (κ1) is 12.5. The Bertz CT molecular complexity index is 303. The molecule has 1 rings (SSSR count). The van der Waals surface area contributed by atoms with Crippen LogP contribution >= 0.6 is 0 Å². The number of carboxylic acid groups (broad SMARTS) is 1. The van der Waals surface area contributed by atoms with Crippen LogP contribution in [-0.2, 0) is 14.4 Å². The average Bonchev–Trinajstić information content (AvgIpc) is 2.62. The summed E-state index contributed by atoms with van der Waals surface area (Å²) in [6, 6.07) is -0.543. The summed E-state index contributed by atoms with van der Waals surface area (Å²) in [5.41, 5.74) is 0. The van der Waals surface area contributed by atoms with Crippen molar-refractivity contribution in [3.63, 3.8) is 0 Å². The molecule has 2 N–H and O–H groups in total. The van der Waals surface area contributed by atoms with Gasteiger partial charge in [-0.1, -0.05) is 6.92 Å². The molecule has 0 aromatic carbocycles. The van der Waals surface area contributed by atoms with Crippen LogP contribution in [0.5, 0.6) is 0 Å². The number of hydrogen-bond donors (Lipinski definition) is 2. The Morgan fingerprint density at radius 2 is 2.25 bits per heavy atom. The van der Waals surface area contributed by atoms with Gasteiger partial charge in [-0.2, -0.15) is 0 Å². The smallest absolute Gasteiger partial charge is 0.323 e. The highest BCUT2D eigenvalue weighted by Gasteiger charge is 2.31. The van der Waals surface area contributed by atoms with Gasteiger partial charge in [0, 0.05) is 13.0 Å². The Kier molecular flexibility index (Phi) is 4.28. The highest BCUT2D eigenvalue weighted by Crippen LogP contribution is 2.10. The predicted molar refractivity (Wildman–Crippen MR) is 55.7 cm³/mol. The number of hydrogen-bond acceptors (Lipinski definition) is 3. The molecule has 2 amide bonds. The van der Waals surface area contributed by atoms with E-state index in [0.717, 1.165) is 0 Å². The van der Waals surface area contributed by atoms with Gasteiger partial charge in [0.1, 0.15) is 12.6 Å². The molecule has 1 saturated heterocycles. The molecule has 0 aliphatic carbocycles. The van der Waals surface area contributed by atoms with Gasteiger partial charge in [-0.15, -0.1) is 0 Å². The lowest BCUT2D eigenvalue weighted by Gasteiger charge is -2.23. The van der Waals surface area contributed by atoms with Crippen molar-refractivity contribution in [2.45, 2.75) is 32.2 Å². The van der Waals surface area contributed by atoms with E-state index in [4.69, 9.17) is 5.11 Å². The normalized spacial score (nSPS) is 19.3. The van der Waals surface area contributed by atoms with E-state index >= 15 is 0 Å². The van der Waals surface area contributed by atoms with E-state index in [1.165, 1.54) is 4.90 Å². The van der Waals surface area contributed by atoms with Crippen LogP contribution in [0.3, 0.4) is 0 Å². The molecule has 6 nitrogen and oxygen atoms in total. The lowest BCUT2D eigenvalue weighted by molar-refractivity contribution is -0.145. The van der Waals surface area contributed by atoms with Crippen molar-refractivity contribution in [1.82, 2.24) is 10.2 Å². The molecule has 0 spiro atoms. The summed E-state index contributed by atoms with van der Waals surface area (Å²) in [4.78, 5) is 34.7. The first-order valence-corrected chi connectivity index (χ1v) is 5.34. The van der Waals surface area contributed by atoms with Crippen molar-refractivity contribution in [1.29, 1.82) is 0 Å². The summed E-state index contributed by atoms with van der Waals surface area (Å²) in [5.74, 6) is -1.48. The predicted octanol–water partition coefficient (Wildman–Crippen LogP) is -0.412. The van der Waals surface area contributed by atoms with E-state index in [2.05, 4.69) is 5.32 Å². The number of carbonyl (C=O) groups excluding carboxylic acids is 2. The molecule has 1 aliphatic rings. The number of carboxylic acids is 1. The number of amides is 2. The summed E-state index contributed by atoms with van der Waals surface area (Å²) >= 11 is 0. The van der Waals surface area contributed by atoms with E-state index in [1.807, 2.05) is 6.92 Å². The number of nitrogens with one attached hydrogen (secondary N) is 1. The summed E-state index contributed by atoms with van der Waals surface area (Å²) in [7, 11) is 0. The second-order valence-corrected chi connectivity index (χ2v) is 3.81. The lowest BCUT2D eigenvalue weighted by Crippen LogP contribution is -2.46. The van der Waals surface area contributed by atoms with Gasteiger partial charge in [-0.05, 0) is 12.8 Å². The molecule has 6 heteroatoms. The number of carbonyl (C=O) groups is 3. The third-order valence-electron chi connectivity index (χ3n) is 2.42. The van der Waals surface area contributed by atoms with Gasteiger partial charge < -0.3 is 15.3 Å². The Morgan fingerprint density at radius 3 is 2.69 bits per heavy atom. The topological polar surface area (TPSA) is 86.7 Å². The second-order valence-electron chi connectivity index (χ2n) is 3.81. The van der Waals surface area contributed by atoms with E-state index in [-0.39, 0.29) is 18.4 Å². The lowest BCUT2D eigenvalue weighted by atomic mass is 10.2. The van der Waals surface area contributed by atoms with Crippen LogP contribution in [-0.4, -0.2) is 46.9 Å². The fourth-order valence-electron chi connectivity index (χ4n) is 1.72. The van der Waals surface area contributed by atoms with Gasteiger partial charge in [0.05, 0.1) is 0 Å². The van der Waals surface area contributed by atoms with Crippen molar-refractivity contribution < 1.29 is 19.5 Å². The Hall–Kier alpha value is -1.59. The summed E-state index contributed by atoms with van der Waals surface area (Å²) < 4.78 is 0. The van der Waals surface area contributed by atoms with Crippen LogP contribution in [0, 0.1) is 0 Å². The fourth-order valence-corrected chi connectivity index (χ4v) is 1.72. The van der Waals surface area contributed by atoms with Crippen LogP contribution in [0.2, 0.25) is 0 Å². The maximum Gasteiger partial charge on any atom is 0.323 e. The monoisotopic (exact) mass is 228 g/mol. The molecule has 1 fully saturated rings. The molecule has 0 aromatic heterocycles. The van der Waals surface area contributed by atoms with Crippen LogP contribution in [0.1, 0.15) is 26.2 Å². The maximum absolute atomic E-state index is 11.9. The van der Waals surface area contributed by atoms with Gasteiger partial charge >= 0.3 is 5.97 Å². The van der Waals surface area contributed by atoms with Crippen molar-refractivity contribution in [3.8, 4) is 0 Å². The Balaban J connectivity index is 2.59. The zero-order chi connectivity index (χ0) is 12.1. The highest BCUT2D eigenvalue weighted by molar-refractivity contribution is 5.92. The SMILES string of the molecule is CCCN(CC(=O)O)C(=O)[C@@H]1CCC(=O)N1. The first-order valence-electron chi connectivity index (χ1n) is 5.34. The molecule has 0 bridgehead atoms. The molecule has 16 heavy (non-hydrogen) atoms. The quantitative estimate of drug-likeness (QED) is 0.669. The van der Waals surface area contributed by atoms with Gasteiger partial charge in [-0.3, -0.25) is 14.4 Å². The zero-order valence-corrected chi connectivity index (χ0v) is 9.23. The Labute approximate surface area is 93.6 Å². The molecule has 0 unspecified atom stereocenters. The van der Waals surface area contributed by atoms with Gasteiger partial charge in [0.2, 0.25) is 11.8 Å². The molecule has 1 aliphatic heterocycles. The molecule has 1 heterocycles. The highest BCUT2D eigenvalue weighted by atomic mass is 16.4. The van der Waals surface area contributed by atoms with Crippen molar-refractivity contribution in [2.24, 2.45) is 0 Å². The maximum atomic E-state index is 11.9. The Morgan fingerprint density at radius 1 is 1.56 bits per heavy atom. The van der Waals surface area contributed by atoms with Crippen LogP contribution in [0.25, 0.3) is 0 Å². The van der Waals surface area contributed by atoms with Gasteiger partial charge in [0.15, 0.2) is 0 Å². The minimum Gasteiger partial charge on any atom is -0.480 e. The standard InChI is InChI=1S/C10H16N2O4/c1-2-5-12(6-9(14)15)10(16)7-3-4-8(13)11-7/h7H,2-6H2,1H3,(H,11,13)(H,14,15)/t7-/m0/s1. The number of nitrogens with zero attached hydrogens (tertiary/aromatic N) is 1. The number of aliphatic carboxylic acids is 1. The summed E-state index contributed by atoms with van der Waals surface area (Å²) in [6.45, 7) is 1.96. The van der Waals surface area contributed by atoms with Crippen LogP contribution < -0.4 is 5.32 Å². The van der Waals surface area contributed by atoms with E-state index in [9.17, 15) is 14.4 Å². The fraction of sp³-hybridized carbons (Fsp3) is 0.700. The van der Waals surface area contributed by atoms with Gasteiger partial charge in [-0.25, -0.2) is 0 Å². The van der Waals surface area contributed by atoms with Gasteiger partial charge in [0.25, 0.3) is 0 Å². The van der Waals surface area contributed by atoms with Crippen molar-refractivity contribution in [3.05, 3.63) is 0 Å². The van der Waals surface area contributed by atoms with Crippen molar-refractivity contribution in [2.75, 3.05) is 13.1 Å². The third kappa shape index (κ3) is 3.22. The molecule has 1 atom stereocenters. The van der Waals surface area contributed by atoms with E-state index in [1.54, 1.807) is 0 Å². The van der Waals surface area contributed by atoms with Crippen molar-refractivity contribution >= 4 is 17.8 Å². The first-order chi connectivity index (χ1) is 7.54. The van der Waals surface area contributed by atoms with Crippen LogP contribution in [0.4, 0.5) is 0 Å². The largest absolute Gasteiger partial charge is 0.480 e. The second kappa shape index (κ2) is 5.48. The number of rotatable bonds is 5. The zero-order valence-electron chi connectivity index (χ0n) is 9.23. The minimum atomic E-state index is -1.04. The van der Waals surface area contributed by atoms with E-state index < -0.39 is 12.0 Å². The summed E-state index contributed by atoms with van der Waals surface area (Å²) in [6.07, 6.45) is 1.49. The molecule has 90 valence electrons. The minimum absolute atomic E-state index is 0.148. The molecule has 0 saturated carbocycles. The summed E-state index contributed by atoms with van der Waals surface area (Å²) in [5, 5.41) is 11.2. The molecular formula is C10H16N2O4. The van der Waals surface area contributed by atoms with E-state index in [0.29, 0.717) is 25.8 Å². The van der Waals surface area contributed by atoms with Crippen LogP contribution in [0.15, 0.2) is 0 Å².